The average molecular weight is 442 g/mol. The van der Waals surface area contributed by atoms with Crippen molar-refractivity contribution in [3.63, 3.8) is 0 Å². The first-order valence-electron chi connectivity index (χ1n) is 10.9. The van der Waals surface area contributed by atoms with Crippen molar-refractivity contribution in [2.24, 2.45) is 16.3 Å². The molecule has 0 bridgehead atoms. The number of benzene rings is 1. The highest BCUT2D eigenvalue weighted by molar-refractivity contribution is 6.09. The van der Waals surface area contributed by atoms with E-state index in [1.165, 1.54) is 7.11 Å². The van der Waals surface area contributed by atoms with E-state index in [9.17, 15) is 14.4 Å². The molecular weight excluding hydrogens is 410 g/mol. The predicted octanol–water partition coefficient (Wildman–Crippen LogP) is 3.87. The predicted molar refractivity (Wildman–Crippen MR) is 120 cm³/mol. The molecule has 2 aliphatic rings. The number of carbonyl (C=O) groups is 3. The fraction of sp³-hybridized carbons (Fsp3) is 0.520. The summed E-state index contributed by atoms with van der Waals surface area (Å²) in [5.74, 6) is -2.11. The van der Waals surface area contributed by atoms with Gasteiger partial charge in [0, 0.05) is 35.9 Å². The summed E-state index contributed by atoms with van der Waals surface area (Å²) in [6, 6.07) is 6.84. The van der Waals surface area contributed by atoms with Gasteiger partial charge in [-0.15, -0.1) is 0 Å². The lowest BCUT2D eigenvalue weighted by Gasteiger charge is -2.39. The Kier molecular flexibility index (Phi) is 7.29. The Balaban J connectivity index is 2.02. The third kappa shape index (κ3) is 4.99. The highest BCUT2D eigenvalue weighted by Gasteiger charge is 2.46. The van der Waals surface area contributed by atoms with Crippen LogP contribution < -0.4 is 0 Å². The molecule has 172 valence electrons. The van der Waals surface area contributed by atoms with E-state index in [0.29, 0.717) is 42.9 Å². The van der Waals surface area contributed by atoms with Gasteiger partial charge in [0.2, 0.25) is 0 Å². The zero-order chi connectivity index (χ0) is 23.5. The molecule has 0 saturated heterocycles. The standard InChI is InChI=1S/C25H31NO6/c1-6-31-11-12-32-24(29)20-15(2)26-18-13-25(3,4)14-19(27)22(18)21(20)16-7-9-17(10-8-16)23(28)30-5/h7-10,20-21H,6,11-14H2,1-5H3/t20?,21-/m0/s1. The van der Waals surface area contributed by atoms with Crippen LogP contribution in [0.4, 0.5) is 0 Å². The SMILES string of the molecule is CCOCCOC(=O)C1C(C)=NC2=C(C(=O)CC(C)(C)C2)[C@H]1c1ccc(C(=O)OC)cc1. The van der Waals surface area contributed by atoms with Gasteiger partial charge in [-0.3, -0.25) is 14.6 Å². The van der Waals surface area contributed by atoms with Crippen LogP contribution in [0.2, 0.25) is 0 Å². The van der Waals surface area contributed by atoms with Gasteiger partial charge in [-0.1, -0.05) is 26.0 Å². The van der Waals surface area contributed by atoms with Gasteiger partial charge in [0.05, 0.1) is 19.3 Å². The molecule has 7 heteroatoms. The van der Waals surface area contributed by atoms with Crippen LogP contribution in [0.15, 0.2) is 40.5 Å². The minimum atomic E-state index is -0.718. The number of Topliss-reactive ketones (excluding diaryl/α,β-unsaturated/α-hetero) is 1. The minimum absolute atomic E-state index is 0.00154. The van der Waals surface area contributed by atoms with Crippen molar-refractivity contribution in [2.45, 2.75) is 46.5 Å². The second kappa shape index (κ2) is 9.77. The van der Waals surface area contributed by atoms with Crippen LogP contribution in [0.3, 0.4) is 0 Å². The highest BCUT2D eigenvalue weighted by atomic mass is 16.6. The number of esters is 2. The average Bonchev–Trinajstić information content (AvgIpc) is 2.74. The lowest BCUT2D eigenvalue weighted by atomic mass is 9.67. The van der Waals surface area contributed by atoms with E-state index in [1.807, 2.05) is 20.8 Å². The Labute approximate surface area is 188 Å². The van der Waals surface area contributed by atoms with Gasteiger partial charge in [0.25, 0.3) is 0 Å². The Hall–Kier alpha value is -2.80. The van der Waals surface area contributed by atoms with Crippen LogP contribution in [-0.2, 0) is 23.8 Å². The van der Waals surface area contributed by atoms with Crippen LogP contribution in [0.25, 0.3) is 0 Å². The van der Waals surface area contributed by atoms with Crippen molar-refractivity contribution >= 4 is 23.4 Å². The molecule has 1 heterocycles. The van der Waals surface area contributed by atoms with Gasteiger partial charge in [-0.2, -0.15) is 0 Å². The van der Waals surface area contributed by atoms with Gasteiger partial charge >= 0.3 is 11.9 Å². The summed E-state index contributed by atoms with van der Waals surface area (Å²) in [6.45, 7) is 8.76. The van der Waals surface area contributed by atoms with Gasteiger partial charge in [-0.05, 0) is 43.4 Å². The number of allylic oxidation sites excluding steroid dienone is 2. The summed E-state index contributed by atoms with van der Waals surface area (Å²) >= 11 is 0. The molecule has 0 fully saturated rings. The summed E-state index contributed by atoms with van der Waals surface area (Å²) in [5, 5.41) is 0. The molecule has 0 saturated carbocycles. The van der Waals surface area contributed by atoms with Crippen molar-refractivity contribution < 1.29 is 28.6 Å². The molecule has 0 radical (unpaired) electrons. The molecule has 0 aromatic heterocycles. The Morgan fingerprint density at radius 1 is 1.12 bits per heavy atom. The molecule has 1 aromatic rings. The van der Waals surface area contributed by atoms with Crippen molar-refractivity contribution in [3.05, 3.63) is 46.7 Å². The number of aliphatic imine (C=N–C) groups is 1. The second-order valence-corrected chi connectivity index (χ2v) is 8.99. The molecule has 3 rings (SSSR count). The molecule has 0 amide bonds. The number of rotatable bonds is 7. The Bertz CT molecular complexity index is 957. The molecule has 1 aromatic carbocycles. The maximum atomic E-state index is 13.3. The largest absolute Gasteiger partial charge is 0.465 e. The first-order valence-corrected chi connectivity index (χ1v) is 10.9. The van der Waals surface area contributed by atoms with Crippen molar-refractivity contribution in [1.82, 2.24) is 0 Å². The van der Waals surface area contributed by atoms with E-state index in [0.717, 1.165) is 11.3 Å². The first kappa shape index (κ1) is 23.9. The van der Waals surface area contributed by atoms with E-state index in [2.05, 4.69) is 0 Å². The van der Waals surface area contributed by atoms with Gasteiger partial charge in [-0.25, -0.2) is 4.79 Å². The molecule has 2 atom stereocenters. The van der Waals surface area contributed by atoms with E-state index in [1.54, 1.807) is 31.2 Å². The lowest BCUT2D eigenvalue weighted by molar-refractivity contribution is -0.148. The van der Waals surface area contributed by atoms with Crippen LogP contribution in [0.5, 0.6) is 0 Å². The lowest BCUT2D eigenvalue weighted by Crippen LogP contribution is -2.39. The highest BCUT2D eigenvalue weighted by Crippen LogP contribution is 2.47. The fourth-order valence-electron chi connectivity index (χ4n) is 4.49. The monoisotopic (exact) mass is 441 g/mol. The minimum Gasteiger partial charge on any atom is -0.465 e. The molecule has 1 unspecified atom stereocenters. The molecule has 1 aliphatic carbocycles. The Morgan fingerprint density at radius 3 is 2.44 bits per heavy atom. The number of hydrogen-bond acceptors (Lipinski definition) is 7. The molecular formula is C25H31NO6. The molecule has 7 nitrogen and oxygen atoms in total. The quantitative estimate of drug-likeness (QED) is 0.471. The smallest absolute Gasteiger partial charge is 0.337 e. The molecule has 1 aliphatic heterocycles. The third-order valence-electron chi connectivity index (χ3n) is 5.92. The molecule has 0 N–H and O–H groups in total. The summed E-state index contributed by atoms with van der Waals surface area (Å²) in [5.41, 5.74) is 2.91. The number of ether oxygens (including phenoxy) is 3. The van der Waals surface area contributed by atoms with Gasteiger partial charge < -0.3 is 14.2 Å². The maximum Gasteiger partial charge on any atom is 0.337 e. The fourth-order valence-corrected chi connectivity index (χ4v) is 4.49. The van der Waals surface area contributed by atoms with Crippen molar-refractivity contribution in [2.75, 3.05) is 26.9 Å². The number of methoxy groups -OCH3 is 1. The number of carbonyl (C=O) groups excluding carboxylic acids is 3. The van der Waals surface area contributed by atoms with E-state index >= 15 is 0 Å². The third-order valence-corrected chi connectivity index (χ3v) is 5.92. The van der Waals surface area contributed by atoms with E-state index in [4.69, 9.17) is 19.2 Å². The van der Waals surface area contributed by atoms with E-state index in [-0.39, 0.29) is 17.8 Å². The normalized spacial score (nSPS) is 22.2. The first-order chi connectivity index (χ1) is 15.2. The summed E-state index contributed by atoms with van der Waals surface area (Å²) in [7, 11) is 1.32. The molecule has 0 spiro atoms. The van der Waals surface area contributed by atoms with Gasteiger partial charge in [0.15, 0.2) is 5.78 Å². The van der Waals surface area contributed by atoms with Crippen molar-refractivity contribution in [1.29, 1.82) is 0 Å². The topological polar surface area (TPSA) is 91.3 Å². The summed E-state index contributed by atoms with van der Waals surface area (Å²) < 4.78 is 15.5. The number of ketones is 1. The number of nitrogens with zero attached hydrogens (tertiary/aromatic N) is 1. The van der Waals surface area contributed by atoms with Crippen LogP contribution >= 0.6 is 0 Å². The Morgan fingerprint density at radius 2 is 1.81 bits per heavy atom. The summed E-state index contributed by atoms with van der Waals surface area (Å²) in [6.07, 6.45) is 1.05. The van der Waals surface area contributed by atoms with Crippen molar-refractivity contribution in [3.8, 4) is 0 Å². The number of hydrogen-bond donors (Lipinski definition) is 0. The van der Waals surface area contributed by atoms with Crippen LogP contribution in [-0.4, -0.2) is 50.4 Å². The summed E-state index contributed by atoms with van der Waals surface area (Å²) in [4.78, 5) is 42.9. The maximum absolute atomic E-state index is 13.3. The second-order valence-electron chi connectivity index (χ2n) is 8.99. The zero-order valence-electron chi connectivity index (χ0n) is 19.4. The molecule has 32 heavy (non-hydrogen) atoms. The van der Waals surface area contributed by atoms with E-state index < -0.39 is 23.8 Å². The van der Waals surface area contributed by atoms with Crippen LogP contribution in [0.1, 0.15) is 62.4 Å². The zero-order valence-corrected chi connectivity index (χ0v) is 19.4. The van der Waals surface area contributed by atoms with Crippen LogP contribution in [0, 0.1) is 11.3 Å². The van der Waals surface area contributed by atoms with Gasteiger partial charge in [0.1, 0.15) is 12.5 Å².